The number of hydrogen-bond acceptors (Lipinski definition) is 2. The number of hydrogen-bond donors (Lipinski definition) is 2. The molecule has 4 heteroatoms. The summed E-state index contributed by atoms with van der Waals surface area (Å²) in [6.45, 7) is 3.23. The molecule has 0 atom stereocenters. The third-order valence-corrected chi connectivity index (χ3v) is 3.82. The maximum absolute atomic E-state index is 11.5. The summed E-state index contributed by atoms with van der Waals surface area (Å²) >= 11 is 5.99. The first-order valence-corrected chi connectivity index (χ1v) is 7.32. The summed E-state index contributed by atoms with van der Waals surface area (Å²) in [5.74, 6) is 0.669. The lowest BCUT2D eigenvalue weighted by atomic mass is 9.76. The summed E-state index contributed by atoms with van der Waals surface area (Å²) in [7, 11) is 0. The highest BCUT2D eigenvalue weighted by Gasteiger charge is 2.30. The Hall–Kier alpha value is -1.06. The lowest BCUT2D eigenvalue weighted by Gasteiger charge is -2.36. The van der Waals surface area contributed by atoms with Crippen LogP contribution < -0.4 is 10.6 Å². The average Bonchev–Trinajstić information content (AvgIpc) is 2.34. The molecule has 1 aliphatic rings. The van der Waals surface area contributed by atoms with Crippen LogP contribution >= 0.6 is 11.6 Å². The van der Waals surface area contributed by atoms with Gasteiger partial charge in [0.1, 0.15) is 0 Å². The molecule has 2 N–H and O–H groups in total. The Bertz CT molecular complexity index is 430. The number of nitrogens with one attached hydrogen (secondary N) is 2. The van der Waals surface area contributed by atoms with Gasteiger partial charge in [0.15, 0.2) is 0 Å². The summed E-state index contributed by atoms with van der Waals surface area (Å²) in [5, 5.41) is 6.96. The fourth-order valence-corrected chi connectivity index (χ4v) is 2.58. The van der Waals surface area contributed by atoms with Crippen molar-refractivity contribution in [2.24, 2.45) is 0 Å². The van der Waals surface area contributed by atoms with Crippen molar-refractivity contribution in [2.45, 2.75) is 38.1 Å². The topological polar surface area (TPSA) is 41.1 Å². The van der Waals surface area contributed by atoms with Crippen LogP contribution in [0.3, 0.4) is 0 Å². The molecule has 19 heavy (non-hydrogen) atoms. The smallest absolute Gasteiger partial charge is 0.233 e. The van der Waals surface area contributed by atoms with Crippen LogP contribution in [-0.2, 0) is 4.79 Å². The molecule has 0 unspecified atom stereocenters. The van der Waals surface area contributed by atoms with Gasteiger partial charge in [-0.2, -0.15) is 0 Å². The highest BCUT2D eigenvalue weighted by Crippen LogP contribution is 2.37. The number of rotatable bonds is 6. The number of benzene rings is 1. The zero-order valence-electron chi connectivity index (χ0n) is 11.3. The Labute approximate surface area is 119 Å². The van der Waals surface area contributed by atoms with Gasteiger partial charge in [-0.3, -0.25) is 4.79 Å². The molecular formula is C15H21ClN2O. The third-order valence-electron chi connectivity index (χ3n) is 3.58. The first-order chi connectivity index (χ1) is 9.19. The van der Waals surface area contributed by atoms with Crippen LogP contribution in [0.5, 0.6) is 0 Å². The van der Waals surface area contributed by atoms with Crippen molar-refractivity contribution in [1.82, 2.24) is 10.6 Å². The van der Waals surface area contributed by atoms with Gasteiger partial charge in [0.2, 0.25) is 5.91 Å². The molecular weight excluding hydrogens is 260 g/mol. The van der Waals surface area contributed by atoms with E-state index in [9.17, 15) is 4.79 Å². The Morgan fingerprint density at radius 2 is 2.21 bits per heavy atom. The van der Waals surface area contributed by atoms with E-state index >= 15 is 0 Å². The van der Waals surface area contributed by atoms with Gasteiger partial charge in [-0.25, -0.2) is 0 Å². The minimum Gasteiger partial charge on any atom is -0.355 e. The van der Waals surface area contributed by atoms with Crippen molar-refractivity contribution in [3.05, 3.63) is 34.9 Å². The van der Waals surface area contributed by atoms with Crippen molar-refractivity contribution in [2.75, 3.05) is 13.1 Å². The molecule has 0 radical (unpaired) electrons. The van der Waals surface area contributed by atoms with E-state index in [2.05, 4.69) is 23.6 Å². The molecule has 104 valence electrons. The minimum absolute atomic E-state index is 0.0908. The van der Waals surface area contributed by atoms with Crippen LogP contribution in [0.1, 0.15) is 37.7 Å². The standard InChI is InChI=1S/C15H21ClN2O/c1-2-6-17-15(19)10-18-14-8-12(9-14)11-4-3-5-13(16)7-11/h3-5,7,12,14,18H,2,6,8-10H2,1H3,(H,17,19). The maximum atomic E-state index is 11.5. The van der Waals surface area contributed by atoms with E-state index in [-0.39, 0.29) is 5.91 Å². The molecule has 0 aliphatic heterocycles. The lowest BCUT2D eigenvalue weighted by molar-refractivity contribution is -0.120. The van der Waals surface area contributed by atoms with Crippen molar-refractivity contribution >= 4 is 17.5 Å². The third kappa shape index (κ3) is 4.22. The first-order valence-electron chi connectivity index (χ1n) is 6.94. The first kappa shape index (κ1) is 14.4. The van der Waals surface area contributed by atoms with E-state index in [4.69, 9.17) is 11.6 Å². The molecule has 1 saturated carbocycles. The normalized spacial score (nSPS) is 21.8. The van der Waals surface area contributed by atoms with E-state index < -0.39 is 0 Å². The van der Waals surface area contributed by atoms with Crippen molar-refractivity contribution in [3.8, 4) is 0 Å². The lowest BCUT2D eigenvalue weighted by Crippen LogP contribution is -2.45. The molecule has 3 nitrogen and oxygen atoms in total. The molecule has 2 rings (SSSR count). The molecule has 1 fully saturated rings. The largest absolute Gasteiger partial charge is 0.355 e. The van der Waals surface area contributed by atoms with Crippen LogP contribution in [0.2, 0.25) is 5.02 Å². The van der Waals surface area contributed by atoms with Gasteiger partial charge in [-0.15, -0.1) is 0 Å². The highest BCUT2D eigenvalue weighted by molar-refractivity contribution is 6.30. The SMILES string of the molecule is CCCNC(=O)CNC1CC(c2cccc(Cl)c2)C1. The maximum Gasteiger partial charge on any atom is 0.233 e. The van der Waals surface area contributed by atoms with Crippen molar-refractivity contribution in [1.29, 1.82) is 0 Å². The van der Waals surface area contributed by atoms with Crippen LogP contribution in [0.4, 0.5) is 0 Å². The van der Waals surface area contributed by atoms with E-state index in [1.807, 2.05) is 18.2 Å². The second-order valence-electron chi connectivity index (χ2n) is 5.15. The van der Waals surface area contributed by atoms with Gasteiger partial charge in [0, 0.05) is 17.6 Å². The summed E-state index contributed by atoms with van der Waals surface area (Å²) < 4.78 is 0. The molecule has 1 aromatic carbocycles. The molecule has 1 aliphatic carbocycles. The van der Waals surface area contributed by atoms with Gasteiger partial charge < -0.3 is 10.6 Å². The van der Waals surface area contributed by atoms with E-state index in [1.54, 1.807) is 0 Å². The quantitative estimate of drug-likeness (QED) is 0.841. The van der Waals surface area contributed by atoms with Crippen LogP contribution in [0.25, 0.3) is 0 Å². The number of halogens is 1. The summed E-state index contributed by atoms with van der Waals surface area (Å²) in [6, 6.07) is 8.52. The summed E-state index contributed by atoms with van der Waals surface area (Å²) in [6.07, 6.45) is 3.15. The summed E-state index contributed by atoms with van der Waals surface area (Å²) in [5.41, 5.74) is 1.31. The Morgan fingerprint density at radius 3 is 2.89 bits per heavy atom. The molecule has 1 amide bonds. The molecule has 1 aromatic rings. The fraction of sp³-hybridized carbons (Fsp3) is 0.533. The van der Waals surface area contributed by atoms with E-state index in [0.717, 1.165) is 30.8 Å². The number of carbonyl (C=O) groups is 1. The minimum atomic E-state index is 0.0908. The van der Waals surface area contributed by atoms with Gasteiger partial charge in [0.05, 0.1) is 6.54 Å². The van der Waals surface area contributed by atoms with Crippen molar-refractivity contribution in [3.63, 3.8) is 0 Å². The Kier molecular flexibility index (Phi) is 5.23. The number of amides is 1. The van der Waals surface area contributed by atoms with Crippen LogP contribution in [0, 0.1) is 0 Å². The predicted octanol–water partition coefficient (Wildman–Crippen LogP) is 2.70. The van der Waals surface area contributed by atoms with Gasteiger partial charge >= 0.3 is 0 Å². The molecule has 0 saturated heterocycles. The van der Waals surface area contributed by atoms with Crippen molar-refractivity contribution < 1.29 is 4.79 Å². The van der Waals surface area contributed by atoms with Gasteiger partial charge in [0.25, 0.3) is 0 Å². The fourth-order valence-electron chi connectivity index (χ4n) is 2.38. The second kappa shape index (κ2) is 6.92. The van der Waals surface area contributed by atoms with Crippen LogP contribution in [0.15, 0.2) is 24.3 Å². The highest BCUT2D eigenvalue weighted by atomic mass is 35.5. The zero-order chi connectivity index (χ0) is 13.7. The van der Waals surface area contributed by atoms with E-state index in [1.165, 1.54) is 5.56 Å². The molecule has 0 aromatic heterocycles. The predicted molar refractivity (Wildman–Crippen MR) is 78.5 cm³/mol. The molecule has 0 spiro atoms. The second-order valence-corrected chi connectivity index (χ2v) is 5.59. The monoisotopic (exact) mass is 280 g/mol. The Morgan fingerprint density at radius 1 is 1.42 bits per heavy atom. The van der Waals surface area contributed by atoms with Crippen LogP contribution in [-0.4, -0.2) is 25.0 Å². The average molecular weight is 281 g/mol. The van der Waals surface area contributed by atoms with Gasteiger partial charge in [-0.05, 0) is 42.9 Å². The van der Waals surface area contributed by atoms with E-state index in [0.29, 0.717) is 18.5 Å². The Balaban J connectivity index is 1.68. The molecule has 0 heterocycles. The summed E-state index contributed by atoms with van der Waals surface area (Å²) in [4.78, 5) is 11.5. The zero-order valence-corrected chi connectivity index (χ0v) is 12.0. The number of carbonyl (C=O) groups excluding carboxylic acids is 1. The molecule has 0 bridgehead atoms. The van der Waals surface area contributed by atoms with Gasteiger partial charge in [-0.1, -0.05) is 30.7 Å².